The van der Waals surface area contributed by atoms with E-state index in [0.717, 1.165) is 19.2 Å². The molecule has 2 unspecified atom stereocenters. The van der Waals surface area contributed by atoms with Gasteiger partial charge in [0.05, 0.1) is 10.9 Å². The Bertz CT molecular complexity index is 1470. The lowest BCUT2D eigenvalue weighted by atomic mass is 10.0. The van der Waals surface area contributed by atoms with E-state index in [1.807, 2.05) is 0 Å². The molecule has 3 aromatic carbocycles. The molecule has 0 radical (unpaired) electrons. The smallest absolute Gasteiger partial charge is 0.430 e. The monoisotopic (exact) mass is 694 g/mol. The van der Waals surface area contributed by atoms with Crippen molar-refractivity contribution in [2.75, 3.05) is 27.1 Å². The van der Waals surface area contributed by atoms with Crippen LogP contribution in [0.1, 0.15) is 0 Å². The van der Waals surface area contributed by atoms with Crippen LogP contribution in [0.2, 0.25) is 0 Å². The lowest BCUT2D eigenvalue weighted by molar-refractivity contribution is -0.397. The summed E-state index contributed by atoms with van der Waals surface area (Å²) in [7, 11) is -6.37. The van der Waals surface area contributed by atoms with Gasteiger partial charge in [-0.3, -0.25) is 0 Å². The minimum atomic E-state index is -6.27. The van der Waals surface area contributed by atoms with Crippen molar-refractivity contribution in [1.29, 1.82) is 0 Å². The highest BCUT2D eigenvalue weighted by Gasteiger charge is 2.73. The molecule has 3 aromatic rings. The molecule has 0 fully saturated rings. The molecule has 0 aliphatic heterocycles. The van der Waals surface area contributed by atoms with Crippen molar-refractivity contribution in [3.05, 3.63) is 78.9 Å². The average Bonchev–Trinajstić information content (AvgIpc) is 2.96. The van der Waals surface area contributed by atoms with Crippen molar-refractivity contribution in [2.45, 2.75) is 44.1 Å². The summed E-state index contributed by atoms with van der Waals surface area (Å²) in [5.41, 5.74) is -4.67. The van der Waals surface area contributed by atoms with Gasteiger partial charge in [0.1, 0.15) is 31.5 Å². The molecule has 248 valence electrons. The summed E-state index contributed by atoms with van der Waals surface area (Å²) in [5.74, 6) is -0.481. The summed E-state index contributed by atoms with van der Waals surface area (Å²) < 4.78 is 172. The standard InChI is InChI=1S/C27H23F9O7S2/c1-40-17-43-24(26(31,32)33,27(34,35)36)16-42-19-9-13-22(14-10-19)44(20-5-3-2-4-6-20)21-11-7-18(8-12-21)41-15-23(28)25(29,30)45(37,38)39/h2-14,23H,15-17H2,1H3. The fourth-order valence-electron chi connectivity index (χ4n) is 3.61. The maximum Gasteiger partial charge on any atom is 0.430 e. The summed E-state index contributed by atoms with van der Waals surface area (Å²) in [6.07, 6.45) is -15.2. The minimum Gasteiger partial charge on any atom is -0.743 e. The molecule has 0 N–H and O–H groups in total. The Kier molecular flexibility index (Phi) is 11.3. The van der Waals surface area contributed by atoms with E-state index in [2.05, 4.69) is 9.47 Å². The first-order chi connectivity index (χ1) is 20.8. The van der Waals surface area contributed by atoms with Crippen LogP contribution < -0.4 is 9.47 Å². The predicted octanol–water partition coefficient (Wildman–Crippen LogP) is 6.50. The Morgan fingerprint density at radius 2 is 1.18 bits per heavy atom. The van der Waals surface area contributed by atoms with Gasteiger partial charge in [0, 0.05) is 7.11 Å². The van der Waals surface area contributed by atoms with Crippen molar-refractivity contribution in [1.82, 2.24) is 0 Å². The normalized spacial score (nSPS) is 14.6. The Labute approximate surface area is 253 Å². The molecule has 0 saturated heterocycles. The van der Waals surface area contributed by atoms with Gasteiger partial charge < -0.3 is 23.5 Å². The molecule has 0 bridgehead atoms. The number of alkyl halides is 9. The maximum atomic E-state index is 13.7. The second kappa shape index (κ2) is 14.1. The number of hydrogen-bond donors (Lipinski definition) is 0. The molecule has 0 aromatic heterocycles. The fourth-order valence-corrected chi connectivity index (χ4v) is 6.05. The molecule has 0 aliphatic carbocycles. The highest BCUT2D eigenvalue weighted by molar-refractivity contribution is 7.97. The Morgan fingerprint density at radius 3 is 1.60 bits per heavy atom. The first-order valence-corrected chi connectivity index (χ1v) is 15.0. The zero-order valence-corrected chi connectivity index (χ0v) is 24.4. The lowest BCUT2D eigenvalue weighted by Crippen LogP contribution is -2.62. The van der Waals surface area contributed by atoms with Crippen LogP contribution in [0, 0.1) is 0 Å². The van der Waals surface area contributed by atoms with Gasteiger partial charge in [-0.15, -0.1) is 0 Å². The summed E-state index contributed by atoms with van der Waals surface area (Å²) in [5, 5.41) is -5.21. The zero-order chi connectivity index (χ0) is 33.7. The highest BCUT2D eigenvalue weighted by atomic mass is 32.2. The Morgan fingerprint density at radius 1 is 0.733 bits per heavy atom. The molecular formula is C27H23F9O7S2. The first-order valence-electron chi connectivity index (χ1n) is 12.3. The lowest BCUT2D eigenvalue weighted by Gasteiger charge is -2.36. The quantitative estimate of drug-likeness (QED) is 0.0824. The van der Waals surface area contributed by atoms with Gasteiger partial charge in [-0.1, -0.05) is 18.2 Å². The average molecular weight is 695 g/mol. The number of hydrogen-bond acceptors (Lipinski definition) is 7. The molecule has 18 heteroatoms. The van der Waals surface area contributed by atoms with Gasteiger partial charge in [0.2, 0.25) is 6.17 Å². The third-order valence-corrected chi connectivity index (χ3v) is 9.13. The number of benzene rings is 3. The molecule has 0 spiro atoms. The van der Waals surface area contributed by atoms with Gasteiger partial charge >= 0.3 is 17.6 Å². The van der Waals surface area contributed by atoms with Crippen LogP contribution in [-0.2, 0) is 30.5 Å². The van der Waals surface area contributed by atoms with Crippen molar-refractivity contribution in [3.8, 4) is 11.5 Å². The fraction of sp³-hybridized carbons (Fsp3) is 0.333. The molecule has 0 aliphatic rings. The number of ether oxygens (including phenoxy) is 4. The van der Waals surface area contributed by atoms with Gasteiger partial charge in [-0.25, -0.2) is 12.8 Å². The highest BCUT2D eigenvalue weighted by Crippen LogP contribution is 2.46. The van der Waals surface area contributed by atoms with E-state index in [0.29, 0.717) is 14.7 Å². The van der Waals surface area contributed by atoms with E-state index >= 15 is 0 Å². The second-order valence-corrected chi connectivity index (χ2v) is 12.5. The van der Waals surface area contributed by atoms with Crippen LogP contribution in [-0.4, -0.2) is 69.5 Å². The first kappa shape index (κ1) is 36.3. The van der Waals surface area contributed by atoms with Gasteiger partial charge in [-0.2, -0.15) is 35.1 Å². The zero-order valence-electron chi connectivity index (χ0n) is 22.8. The topological polar surface area (TPSA) is 94.1 Å². The van der Waals surface area contributed by atoms with E-state index < -0.39 is 70.4 Å². The van der Waals surface area contributed by atoms with Gasteiger partial charge in [-0.05, 0) is 60.7 Å². The molecule has 2 atom stereocenters. The van der Waals surface area contributed by atoms with Crippen molar-refractivity contribution >= 4 is 21.0 Å². The van der Waals surface area contributed by atoms with Gasteiger partial charge in [0.25, 0.3) is 5.60 Å². The van der Waals surface area contributed by atoms with E-state index in [9.17, 15) is 52.5 Å². The van der Waals surface area contributed by atoms with Crippen LogP contribution in [0.4, 0.5) is 39.5 Å². The molecule has 0 saturated carbocycles. The molecule has 0 amide bonds. The summed E-state index contributed by atoms with van der Waals surface area (Å²) in [6.45, 7) is -4.71. The molecule has 45 heavy (non-hydrogen) atoms. The Hall–Kier alpha value is -3.19. The Balaban J connectivity index is 1.84. The molecule has 3 rings (SSSR count). The third-order valence-electron chi connectivity index (χ3n) is 5.97. The van der Waals surface area contributed by atoms with E-state index in [4.69, 9.17) is 9.47 Å². The maximum absolute atomic E-state index is 13.7. The summed E-state index contributed by atoms with van der Waals surface area (Å²) in [4.78, 5) is 1.80. The molecule has 7 nitrogen and oxygen atoms in total. The van der Waals surface area contributed by atoms with E-state index in [1.165, 1.54) is 36.4 Å². The number of rotatable bonds is 14. The van der Waals surface area contributed by atoms with E-state index in [-0.39, 0.29) is 11.5 Å². The van der Waals surface area contributed by atoms with Gasteiger partial charge in [0.15, 0.2) is 24.8 Å². The largest absolute Gasteiger partial charge is 0.743 e. The van der Waals surface area contributed by atoms with Crippen LogP contribution in [0.5, 0.6) is 11.5 Å². The summed E-state index contributed by atoms with van der Waals surface area (Å²) >= 11 is 0. The molecular weight excluding hydrogens is 671 g/mol. The third kappa shape index (κ3) is 8.35. The minimum absolute atomic E-state index is 0.144. The summed E-state index contributed by atoms with van der Waals surface area (Å²) in [6, 6.07) is 19.2. The number of methoxy groups -OCH3 is 1. The van der Waals surface area contributed by atoms with Crippen LogP contribution in [0.25, 0.3) is 0 Å². The van der Waals surface area contributed by atoms with Crippen LogP contribution in [0.15, 0.2) is 93.5 Å². The van der Waals surface area contributed by atoms with Crippen molar-refractivity contribution < 1.29 is 71.4 Å². The predicted molar refractivity (Wildman–Crippen MR) is 140 cm³/mol. The van der Waals surface area contributed by atoms with Crippen LogP contribution in [0.3, 0.4) is 0 Å². The molecule has 0 heterocycles. The van der Waals surface area contributed by atoms with Crippen molar-refractivity contribution in [2.24, 2.45) is 0 Å². The van der Waals surface area contributed by atoms with Crippen molar-refractivity contribution in [3.63, 3.8) is 0 Å². The van der Waals surface area contributed by atoms with E-state index in [1.54, 1.807) is 30.3 Å². The van der Waals surface area contributed by atoms with Crippen LogP contribution >= 0.6 is 0 Å². The SMILES string of the molecule is COCOC(COc1ccc([S+](c2ccccc2)c2ccc(OCC(F)C(F)(F)S(=O)(=O)[O-])cc2)cc1)(C(F)(F)F)C(F)(F)F. The second-order valence-electron chi connectivity index (χ2n) is 9.02. The number of halogens is 9.